The summed E-state index contributed by atoms with van der Waals surface area (Å²) < 4.78 is 56.0. The molecule has 0 saturated carbocycles. The van der Waals surface area contributed by atoms with Gasteiger partial charge in [-0.25, -0.2) is 21.8 Å². The Labute approximate surface area is 203 Å². The van der Waals surface area contributed by atoms with Crippen molar-refractivity contribution in [1.29, 1.82) is 0 Å². The lowest BCUT2D eigenvalue weighted by Crippen LogP contribution is -2.56. The molecule has 4 rings (SSSR count). The fourth-order valence-corrected chi connectivity index (χ4v) is 7.18. The summed E-state index contributed by atoms with van der Waals surface area (Å²) in [5, 5.41) is 0.869. The number of aryl methyl sites for hydroxylation is 1. The molecule has 1 aliphatic heterocycles. The van der Waals surface area contributed by atoms with Crippen LogP contribution in [0.2, 0.25) is 10.0 Å². The molecule has 0 amide bonds. The molecule has 2 heterocycles. The fourth-order valence-electron chi connectivity index (χ4n) is 3.82. The van der Waals surface area contributed by atoms with Gasteiger partial charge in [-0.2, -0.15) is 8.61 Å². The third-order valence-electron chi connectivity index (χ3n) is 5.56. The summed E-state index contributed by atoms with van der Waals surface area (Å²) in [6.07, 6.45) is 4.16. The van der Waals surface area contributed by atoms with Crippen LogP contribution in [0.15, 0.2) is 70.8 Å². The average Bonchev–Trinajstić information content (AvgIpc) is 3.32. The lowest BCUT2D eigenvalue weighted by Gasteiger charge is -2.40. The molecule has 3 aromatic rings. The van der Waals surface area contributed by atoms with Gasteiger partial charge in [0, 0.05) is 47.6 Å². The first kappa shape index (κ1) is 24.2. The zero-order valence-corrected chi connectivity index (χ0v) is 20.6. The van der Waals surface area contributed by atoms with Crippen LogP contribution in [-0.2, 0) is 26.5 Å². The largest absolute Gasteiger partial charge is 0.348 e. The van der Waals surface area contributed by atoms with Crippen LogP contribution >= 0.6 is 23.2 Å². The van der Waals surface area contributed by atoms with Crippen molar-refractivity contribution in [2.24, 2.45) is 0 Å². The quantitative estimate of drug-likeness (QED) is 0.505. The molecule has 0 bridgehead atoms. The molecule has 8 nitrogen and oxygen atoms in total. The van der Waals surface area contributed by atoms with E-state index in [1.165, 1.54) is 57.1 Å². The number of aromatic amines is 1. The van der Waals surface area contributed by atoms with Gasteiger partial charge in [0.05, 0.1) is 16.1 Å². The van der Waals surface area contributed by atoms with E-state index in [2.05, 4.69) is 9.97 Å². The molecule has 0 aliphatic carbocycles. The van der Waals surface area contributed by atoms with E-state index in [1.807, 2.05) is 0 Å². The van der Waals surface area contributed by atoms with E-state index in [1.54, 1.807) is 12.5 Å². The molecule has 1 saturated heterocycles. The van der Waals surface area contributed by atoms with Crippen molar-refractivity contribution in [3.8, 4) is 0 Å². The Morgan fingerprint density at radius 3 is 2.00 bits per heavy atom. The summed E-state index contributed by atoms with van der Waals surface area (Å²) in [6, 6.07) is 11.3. The molecule has 1 N–H and O–H groups in total. The normalized spacial score (nSPS) is 18.4. The number of nitrogens with one attached hydrogen (secondary N) is 1. The second-order valence-electron chi connectivity index (χ2n) is 7.66. The minimum Gasteiger partial charge on any atom is -0.348 e. The standard InChI is InChI=1S/C21H22Cl2N4O4S2/c22-16-1-7-20(8-2-16)32(28,29)26-11-12-27(19(14-26)6-5-18-13-24-15-25-18)33(30,31)21-9-3-17(23)4-10-21/h1-4,7-10,13,15,19H,5-6,11-12,14H2,(H,24,25). The second kappa shape index (κ2) is 9.73. The van der Waals surface area contributed by atoms with Crippen molar-refractivity contribution >= 4 is 43.2 Å². The Morgan fingerprint density at radius 1 is 0.879 bits per heavy atom. The van der Waals surface area contributed by atoms with Gasteiger partial charge < -0.3 is 4.98 Å². The molecule has 1 aliphatic rings. The van der Waals surface area contributed by atoms with Gasteiger partial charge >= 0.3 is 0 Å². The zero-order chi connectivity index (χ0) is 23.6. The van der Waals surface area contributed by atoms with Crippen molar-refractivity contribution in [3.63, 3.8) is 0 Å². The Morgan fingerprint density at radius 2 is 1.45 bits per heavy atom. The van der Waals surface area contributed by atoms with Crippen LogP contribution in [-0.4, -0.2) is 61.1 Å². The summed E-state index contributed by atoms with van der Waals surface area (Å²) in [5.41, 5.74) is 0.844. The van der Waals surface area contributed by atoms with Gasteiger partial charge in [0.2, 0.25) is 20.0 Å². The van der Waals surface area contributed by atoms with E-state index in [-0.39, 0.29) is 29.4 Å². The van der Waals surface area contributed by atoms with E-state index < -0.39 is 26.1 Å². The van der Waals surface area contributed by atoms with Crippen LogP contribution in [0.4, 0.5) is 0 Å². The van der Waals surface area contributed by atoms with Crippen molar-refractivity contribution < 1.29 is 16.8 Å². The SMILES string of the molecule is O=S(=O)(c1ccc(Cl)cc1)N1CCN(S(=O)(=O)c2ccc(Cl)cc2)C(CCc2cnc[nH]2)C1. The third-order valence-corrected chi connectivity index (χ3v) is 9.91. The van der Waals surface area contributed by atoms with Crippen LogP contribution in [0.25, 0.3) is 0 Å². The van der Waals surface area contributed by atoms with E-state index in [4.69, 9.17) is 23.2 Å². The molecule has 33 heavy (non-hydrogen) atoms. The highest BCUT2D eigenvalue weighted by Crippen LogP contribution is 2.28. The van der Waals surface area contributed by atoms with Crippen molar-refractivity contribution in [2.45, 2.75) is 28.7 Å². The first-order valence-corrected chi connectivity index (χ1v) is 13.8. The van der Waals surface area contributed by atoms with Crippen LogP contribution in [0.5, 0.6) is 0 Å². The number of nitrogens with zero attached hydrogens (tertiary/aromatic N) is 3. The minimum atomic E-state index is -3.85. The molecule has 1 aromatic heterocycles. The maximum absolute atomic E-state index is 13.4. The lowest BCUT2D eigenvalue weighted by molar-refractivity contribution is 0.192. The van der Waals surface area contributed by atoms with Gasteiger partial charge in [-0.05, 0) is 61.4 Å². The van der Waals surface area contributed by atoms with Gasteiger partial charge in [-0.3, -0.25) is 0 Å². The summed E-state index contributed by atoms with van der Waals surface area (Å²) in [6.45, 7) is 0.107. The van der Waals surface area contributed by atoms with Gasteiger partial charge in [0.25, 0.3) is 0 Å². The van der Waals surface area contributed by atoms with Crippen molar-refractivity contribution in [3.05, 3.63) is 76.8 Å². The number of imidazole rings is 1. The maximum atomic E-state index is 13.4. The summed E-state index contributed by atoms with van der Waals surface area (Å²) in [5.74, 6) is 0. The van der Waals surface area contributed by atoms with Crippen molar-refractivity contribution in [2.75, 3.05) is 19.6 Å². The average molecular weight is 529 g/mol. The topological polar surface area (TPSA) is 103 Å². The zero-order valence-electron chi connectivity index (χ0n) is 17.4. The molecular weight excluding hydrogens is 507 g/mol. The van der Waals surface area contributed by atoms with Gasteiger partial charge in [-0.1, -0.05) is 23.2 Å². The Balaban J connectivity index is 1.62. The van der Waals surface area contributed by atoms with E-state index >= 15 is 0 Å². The van der Waals surface area contributed by atoms with Crippen LogP contribution in [0.1, 0.15) is 12.1 Å². The third kappa shape index (κ3) is 5.26. The van der Waals surface area contributed by atoms with Crippen molar-refractivity contribution in [1.82, 2.24) is 18.6 Å². The number of rotatable bonds is 7. The molecule has 0 radical (unpaired) electrons. The number of aromatic nitrogens is 2. The van der Waals surface area contributed by atoms with E-state index in [0.29, 0.717) is 22.9 Å². The summed E-state index contributed by atoms with van der Waals surface area (Å²) >= 11 is 11.8. The number of hydrogen-bond donors (Lipinski definition) is 1. The Kier molecular flexibility index (Phi) is 7.13. The highest BCUT2D eigenvalue weighted by molar-refractivity contribution is 7.89. The number of sulfonamides is 2. The molecule has 1 unspecified atom stereocenters. The Bertz CT molecular complexity index is 1300. The number of benzene rings is 2. The van der Waals surface area contributed by atoms with Gasteiger partial charge in [-0.15, -0.1) is 0 Å². The molecule has 0 spiro atoms. The molecule has 2 aromatic carbocycles. The monoisotopic (exact) mass is 528 g/mol. The summed E-state index contributed by atoms with van der Waals surface area (Å²) in [4.78, 5) is 7.23. The summed E-state index contributed by atoms with van der Waals surface area (Å²) in [7, 11) is -7.66. The minimum absolute atomic E-state index is 0.0332. The number of hydrogen-bond acceptors (Lipinski definition) is 5. The number of halogens is 2. The fraction of sp³-hybridized carbons (Fsp3) is 0.286. The molecule has 1 fully saturated rings. The molecule has 1 atom stereocenters. The lowest BCUT2D eigenvalue weighted by atomic mass is 10.1. The highest BCUT2D eigenvalue weighted by Gasteiger charge is 2.39. The molecule has 12 heteroatoms. The van der Waals surface area contributed by atoms with Crippen LogP contribution < -0.4 is 0 Å². The van der Waals surface area contributed by atoms with E-state index in [9.17, 15) is 16.8 Å². The Hall–Kier alpha value is -1.95. The van der Waals surface area contributed by atoms with Gasteiger partial charge in [0.1, 0.15) is 0 Å². The van der Waals surface area contributed by atoms with Crippen LogP contribution in [0.3, 0.4) is 0 Å². The maximum Gasteiger partial charge on any atom is 0.243 e. The van der Waals surface area contributed by atoms with Crippen LogP contribution in [0, 0.1) is 0 Å². The highest BCUT2D eigenvalue weighted by atomic mass is 35.5. The van der Waals surface area contributed by atoms with Gasteiger partial charge in [0.15, 0.2) is 0 Å². The predicted octanol–water partition coefficient (Wildman–Crippen LogP) is 3.41. The second-order valence-corrected chi connectivity index (χ2v) is 12.4. The number of piperazine rings is 1. The number of H-pyrrole nitrogens is 1. The molecule has 176 valence electrons. The smallest absolute Gasteiger partial charge is 0.243 e. The van der Waals surface area contributed by atoms with E-state index in [0.717, 1.165) is 5.69 Å². The predicted molar refractivity (Wildman–Crippen MR) is 126 cm³/mol. The molecular formula is C21H22Cl2N4O4S2. The first-order valence-electron chi connectivity index (χ1n) is 10.2. The first-order chi connectivity index (χ1) is 15.7.